The Labute approximate surface area is 83.7 Å². The van der Waals surface area contributed by atoms with E-state index in [9.17, 15) is 4.79 Å². The van der Waals surface area contributed by atoms with Crippen molar-refractivity contribution >= 4 is 12.2 Å². The van der Waals surface area contributed by atoms with Crippen LogP contribution in [-0.4, -0.2) is 19.9 Å². The number of hydrogen-bond acceptors (Lipinski definition) is 3. The predicted octanol–water partition coefficient (Wildman–Crippen LogP) is 2.18. The van der Waals surface area contributed by atoms with Crippen LogP contribution in [0.4, 0.5) is 5.88 Å². The number of nitrogens with zero attached hydrogens (tertiary/aromatic N) is 1. The number of furan rings is 1. The molecule has 3 heteroatoms. The van der Waals surface area contributed by atoms with Crippen LogP contribution in [0.15, 0.2) is 16.5 Å². The predicted molar refractivity (Wildman–Crippen MR) is 54.6 cm³/mol. The largest absolute Gasteiger partial charge is 0.438 e. The summed E-state index contributed by atoms with van der Waals surface area (Å²) in [6.07, 6.45) is 2.04. The number of hydrogen-bond donors (Lipinski definition) is 0. The van der Waals surface area contributed by atoms with E-state index in [-0.39, 0.29) is 0 Å². The van der Waals surface area contributed by atoms with Gasteiger partial charge in [-0.1, -0.05) is 6.92 Å². The number of carbonyl (C=O) groups is 1. The number of aldehydes is 1. The molecule has 1 heterocycles. The average molecular weight is 193 g/mol. The maximum absolute atomic E-state index is 10.4. The van der Waals surface area contributed by atoms with E-state index >= 15 is 0 Å². The first-order valence-electron chi connectivity index (χ1n) is 4.97. The zero-order valence-corrected chi connectivity index (χ0v) is 8.56. The third-order valence-corrected chi connectivity index (χ3v) is 2.89. The fraction of sp³-hybridized carbons (Fsp3) is 0.545. The Hall–Kier alpha value is -1.25. The molecule has 1 aliphatic rings. The van der Waals surface area contributed by atoms with E-state index in [0.29, 0.717) is 5.76 Å². The van der Waals surface area contributed by atoms with Crippen LogP contribution in [0.5, 0.6) is 0 Å². The molecule has 3 nitrogen and oxygen atoms in total. The highest BCUT2D eigenvalue weighted by atomic mass is 16.4. The lowest BCUT2D eigenvalue weighted by Crippen LogP contribution is -2.19. The molecular formula is C11H15NO2. The van der Waals surface area contributed by atoms with Crippen LogP contribution in [0.3, 0.4) is 0 Å². The molecule has 1 aliphatic carbocycles. The van der Waals surface area contributed by atoms with E-state index in [1.165, 1.54) is 6.42 Å². The maximum atomic E-state index is 10.4. The molecule has 1 aromatic heterocycles. The molecule has 1 saturated carbocycles. The van der Waals surface area contributed by atoms with Gasteiger partial charge in [0.25, 0.3) is 0 Å². The van der Waals surface area contributed by atoms with Gasteiger partial charge in [0.2, 0.25) is 0 Å². The summed E-state index contributed by atoms with van der Waals surface area (Å²) < 4.78 is 5.32. The summed E-state index contributed by atoms with van der Waals surface area (Å²) in [5.41, 5.74) is 0. The second-order valence-corrected chi connectivity index (χ2v) is 4.15. The molecule has 2 atom stereocenters. The van der Waals surface area contributed by atoms with Crippen molar-refractivity contribution in [1.82, 2.24) is 0 Å². The van der Waals surface area contributed by atoms with Crippen LogP contribution in [0.25, 0.3) is 0 Å². The van der Waals surface area contributed by atoms with E-state index < -0.39 is 0 Å². The van der Waals surface area contributed by atoms with Gasteiger partial charge in [0.15, 0.2) is 17.9 Å². The highest BCUT2D eigenvalue weighted by Crippen LogP contribution is 2.38. The van der Waals surface area contributed by atoms with Gasteiger partial charge in [0.05, 0.1) is 0 Å². The highest BCUT2D eigenvalue weighted by Gasteiger charge is 2.33. The molecule has 0 N–H and O–H groups in total. The summed E-state index contributed by atoms with van der Waals surface area (Å²) >= 11 is 0. The minimum absolute atomic E-state index is 0.399. The third kappa shape index (κ3) is 1.81. The molecule has 0 saturated heterocycles. The minimum Gasteiger partial charge on any atom is -0.438 e. The lowest BCUT2D eigenvalue weighted by Gasteiger charge is -2.15. The van der Waals surface area contributed by atoms with Crippen molar-refractivity contribution in [2.45, 2.75) is 13.3 Å². The van der Waals surface area contributed by atoms with Crippen LogP contribution in [0.2, 0.25) is 0 Å². The van der Waals surface area contributed by atoms with Crippen LogP contribution >= 0.6 is 0 Å². The van der Waals surface area contributed by atoms with Crippen molar-refractivity contribution < 1.29 is 9.21 Å². The minimum atomic E-state index is 0.399. The fourth-order valence-corrected chi connectivity index (χ4v) is 1.71. The second-order valence-electron chi connectivity index (χ2n) is 4.15. The van der Waals surface area contributed by atoms with Crippen LogP contribution in [0, 0.1) is 11.8 Å². The Morgan fingerprint density at radius 1 is 1.64 bits per heavy atom. The fourth-order valence-electron chi connectivity index (χ4n) is 1.71. The SMILES string of the molecule is CC1CC1CN(C)c1ccc(C=O)o1. The molecule has 2 unspecified atom stereocenters. The number of rotatable bonds is 4. The number of anilines is 1. The van der Waals surface area contributed by atoms with Gasteiger partial charge in [-0.25, -0.2) is 0 Å². The number of carbonyl (C=O) groups excluding carboxylic acids is 1. The monoisotopic (exact) mass is 193 g/mol. The summed E-state index contributed by atoms with van der Waals surface area (Å²) in [6.45, 7) is 3.28. The maximum Gasteiger partial charge on any atom is 0.196 e. The molecule has 1 fully saturated rings. The van der Waals surface area contributed by atoms with Crippen LogP contribution in [-0.2, 0) is 0 Å². The zero-order chi connectivity index (χ0) is 10.1. The lowest BCUT2D eigenvalue weighted by molar-refractivity contribution is 0.110. The molecule has 1 aromatic rings. The van der Waals surface area contributed by atoms with Gasteiger partial charge in [-0.05, 0) is 24.3 Å². The standard InChI is InChI=1S/C11H15NO2/c1-8-5-9(8)6-12(2)11-4-3-10(7-13)14-11/h3-4,7-9H,5-6H2,1-2H3. The first-order valence-corrected chi connectivity index (χ1v) is 4.97. The first-order chi connectivity index (χ1) is 6.70. The summed E-state index contributed by atoms with van der Waals surface area (Å²) in [7, 11) is 2.00. The van der Waals surface area contributed by atoms with Gasteiger partial charge < -0.3 is 9.32 Å². The summed E-state index contributed by atoms with van der Waals surface area (Å²) in [5.74, 6) is 2.82. The van der Waals surface area contributed by atoms with Crippen molar-refractivity contribution in [3.63, 3.8) is 0 Å². The Morgan fingerprint density at radius 3 is 2.86 bits per heavy atom. The van der Waals surface area contributed by atoms with Gasteiger partial charge >= 0.3 is 0 Å². The van der Waals surface area contributed by atoms with Crippen molar-refractivity contribution in [3.8, 4) is 0 Å². The molecule has 0 bridgehead atoms. The molecule has 0 aromatic carbocycles. The average Bonchev–Trinajstić information content (AvgIpc) is 2.72. The highest BCUT2D eigenvalue weighted by molar-refractivity contribution is 5.71. The lowest BCUT2D eigenvalue weighted by atomic mass is 10.3. The molecule has 0 aliphatic heterocycles. The van der Waals surface area contributed by atoms with E-state index in [1.54, 1.807) is 6.07 Å². The summed E-state index contributed by atoms with van der Waals surface area (Å²) in [6, 6.07) is 3.55. The summed E-state index contributed by atoms with van der Waals surface area (Å²) in [5, 5.41) is 0. The van der Waals surface area contributed by atoms with Crippen LogP contribution in [0.1, 0.15) is 23.9 Å². The Kier molecular flexibility index (Phi) is 2.32. The quantitative estimate of drug-likeness (QED) is 0.687. The van der Waals surface area contributed by atoms with E-state index in [4.69, 9.17) is 4.42 Å². The van der Waals surface area contributed by atoms with Crippen molar-refractivity contribution in [2.75, 3.05) is 18.5 Å². The second kappa shape index (κ2) is 3.48. The van der Waals surface area contributed by atoms with E-state index in [2.05, 4.69) is 11.8 Å². The normalized spacial score (nSPS) is 24.7. The van der Waals surface area contributed by atoms with Gasteiger partial charge in [0, 0.05) is 19.7 Å². The van der Waals surface area contributed by atoms with Gasteiger partial charge in [-0.2, -0.15) is 0 Å². The molecular weight excluding hydrogens is 178 g/mol. The van der Waals surface area contributed by atoms with Gasteiger partial charge in [0.1, 0.15) is 0 Å². The first kappa shape index (κ1) is 9.31. The van der Waals surface area contributed by atoms with Gasteiger partial charge in [-0.3, -0.25) is 4.79 Å². The summed E-state index contributed by atoms with van der Waals surface area (Å²) in [4.78, 5) is 12.5. The molecule has 76 valence electrons. The smallest absolute Gasteiger partial charge is 0.196 e. The zero-order valence-electron chi connectivity index (χ0n) is 8.56. The van der Waals surface area contributed by atoms with E-state index in [0.717, 1.165) is 30.6 Å². The van der Waals surface area contributed by atoms with Gasteiger partial charge in [-0.15, -0.1) is 0 Å². The molecule has 14 heavy (non-hydrogen) atoms. The van der Waals surface area contributed by atoms with Crippen molar-refractivity contribution in [1.29, 1.82) is 0 Å². The van der Waals surface area contributed by atoms with E-state index in [1.807, 2.05) is 13.1 Å². The van der Waals surface area contributed by atoms with Crippen LogP contribution < -0.4 is 4.90 Å². The molecule has 0 amide bonds. The molecule has 2 rings (SSSR count). The topological polar surface area (TPSA) is 33.5 Å². The molecule has 0 radical (unpaired) electrons. The third-order valence-electron chi connectivity index (χ3n) is 2.89. The Morgan fingerprint density at radius 2 is 2.36 bits per heavy atom. The Balaban J connectivity index is 1.96. The molecule has 0 spiro atoms. The van der Waals surface area contributed by atoms with Crippen molar-refractivity contribution in [2.24, 2.45) is 11.8 Å². The van der Waals surface area contributed by atoms with Crippen molar-refractivity contribution in [3.05, 3.63) is 17.9 Å². The Bertz CT molecular complexity index is 332.